The Bertz CT molecular complexity index is 343. The van der Waals surface area contributed by atoms with Gasteiger partial charge in [0, 0.05) is 11.5 Å². The van der Waals surface area contributed by atoms with Crippen molar-refractivity contribution in [3.05, 3.63) is 24.3 Å². The smallest absolute Gasteiger partial charge is 0.334 e. The first-order valence-electron chi connectivity index (χ1n) is 7.84. The Morgan fingerprint density at radius 1 is 0.947 bits per heavy atom. The molecule has 0 unspecified atom stereocenters. The third-order valence-electron chi connectivity index (χ3n) is 4.33. The molecular weight excluding hydrogens is 236 g/mol. The third kappa shape index (κ3) is 4.22. The molecule has 1 heterocycles. The highest BCUT2D eigenvalue weighted by atomic mass is 16.6. The summed E-state index contributed by atoms with van der Waals surface area (Å²) < 4.78 is 5.48. The Morgan fingerprint density at radius 3 is 2.47 bits per heavy atom. The van der Waals surface area contributed by atoms with Gasteiger partial charge in [-0.2, -0.15) is 0 Å². The highest BCUT2D eigenvalue weighted by Gasteiger charge is 2.37. The molecule has 0 aromatic rings. The highest BCUT2D eigenvalue weighted by molar-refractivity contribution is 5.90. The van der Waals surface area contributed by atoms with E-state index >= 15 is 0 Å². The minimum Gasteiger partial charge on any atom is -0.458 e. The molecule has 0 N–H and O–H groups in total. The van der Waals surface area contributed by atoms with Crippen molar-refractivity contribution in [2.24, 2.45) is 5.92 Å². The van der Waals surface area contributed by atoms with Crippen molar-refractivity contribution in [2.75, 3.05) is 0 Å². The van der Waals surface area contributed by atoms with Gasteiger partial charge in [0.15, 0.2) is 0 Å². The summed E-state index contributed by atoms with van der Waals surface area (Å²) in [6, 6.07) is 0. The quantitative estimate of drug-likeness (QED) is 0.363. The van der Waals surface area contributed by atoms with Crippen LogP contribution in [-0.2, 0) is 9.53 Å². The van der Waals surface area contributed by atoms with Crippen LogP contribution in [0.4, 0.5) is 0 Å². The number of hydrogen-bond donors (Lipinski definition) is 0. The number of rotatable bonds is 0. The fourth-order valence-corrected chi connectivity index (χ4v) is 3.12. The lowest BCUT2D eigenvalue weighted by Gasteiger charge is -2.17. The van der Waals surface area contributed by atoms with Crippen LogP contribution >= 0.6 is 0 Å². The zero-order valence-electron chi connectivity index (χ0n) is 11.9. The average Bonchev–Trinajstić information content (AvgIpc) is 2.67. The molecule has 106 valence electrons. The molecule has 0 aromatic heterocycles. The van der Waals surface area contributed by atoms with E-state index < -0.39 is 0 Å². The average molecular weight is 262 g/mol. The van der Waals surface area contributed by atoms with Crippen molar-refractivity contribution in [1.82, 2.24) is 0 Å². The number of ether oxygens (including phenoxy) is 1. The summed E-state index contributed by atoms with van der Waals surface area (Å²) in [7, 11) is 0. The Morgan fingerprint density at radius 2 is 1.63 bits per heavy atom. The monoisotopic (exact) mass is 262 g/mol. The largest absolute Gasteiger partial charge is 0.458 e. The first-order valence-corrected chi connectivity index (χ1v) is 7.84. The van der Waals surface area contributed by atoms with E-state index in [4.69, 9.17) is 4.74 Å². The van der Waals surface area contributed by atoms with Gasteiger partial charge in [-0.3, -0.25) is 0 Å². The van der Waals surface area contributed by atoms with E-state index in [1.54, 1.807) is 0 Å². The summed E-state index contributed by atoms with van der Waals surface area (Å²) in [6.45, 7) is 3.93. The van der Waals surface area contributed by atoms with Crippen LogP contribution in [0.25, 0.3) is 0 Å². The van der Waals surface area contributed by atoms with E-state index in [0.29, 0.717) is 5.57 Å². The molecule has 2 heteroatoms. The molecular formula is C17H26O2. The van der Waals surface area contributed by atoms with E-state index in [-0.39, 0.29) is 18.0 Å². The third-order valence-corrected chi connectivity index (χ3v) is 4.33. The van der Waals surface area contributed by atoms with Gasteiger partial charge in [-0.05, 0) is 44.9 Å². The molecule has 1 aliphatic heterocycles. The number of fused-ring (bicyclic) bond motifs is 1. The molecule has 0 spiro atoms. The summed E-state index contributed by atoms with van der Waals surface area (Å²) in [5, 5.41) is 0. The molecule has 1 saturated heterocycles. The van der Waals surface area contributed by atoms with Gasteiger partial charge in [-0.1, -0.05) is 38.0 Å². The van der Waals surface area contributed by atoms with Crippen LogP contribution < -0.4 is 0 Å². The van der Waals surface area contributed by atoms with E-state index in [9.17, 15) is 4.79 Å². The zero-order chi connectivity index (χ0) is 13.5. The number of hydrogen-bond acceptors (Lipinski definition) is 2. The van der Waals surface area contributed by atoms with Crippen molar-refractivity contribution < 1.29 is 9.53 Å². The molecule has 2 rings (SSSR count). The summed E-state index contributed by atoms with van der Waals surface area (Å²) in [6.07, 6.45) is 16.6. The second-order valence-corrected chi connectivity index (χ2v) is 5.82. The van der Waals surface area contributed by atoms with E-state index in [2.05, 4.69) is 18.7 Å². The van der Waals surface area contributed by atoms with Crippen LogP contribution in [0, 0.1) is 5.92 Å². The first kappa shape index (κ1) is 14.4. The van der Waals surface area contributed by atoms with Gasteiger partial charge in [0.2, 0.25) is 0 Å². The fraction of sp³-hybridized carbons (Fsp3) is 0.706. The van der Waals surface area contributed by atoms with Crippen LogP contribution in [0.1, 0.15) is 64.2 Å². The van der Waals surface area contributed by atoms with Crippen molar-refractivity contribution in [2.45, 2.75) is 70.3 Å². The van der Waals surface area contributed by atoms with Crippen molar-refractivity contribution in [3.63, 3.8) is 0 Å². The van der Waals surface area contributed by atoms with E-state index in [1.807, 2.05) is 0 Å². The fourth-order valence-electron chi connectivity index (χ4n) is 3.12. The molecule has 2 nitrogen and oxygen atoms in total. The number of carbonyl (C=O) groups excluding carboxylic acids is 1. The molecule has 0 amide bonds. The molecule has 0 saturated carbocycles. The molecule has 1 fully saturated rings. The maximum atomic E-state index is 11.6. The predicted molar refractivity (Wildman–Crippen MR) is 77.8 cm³/mol. The number of carbonyl (C=O) groups is 1. The van der Waals surface area contributed by atoms with Crippen molar-refractivity contribution in [1.29, 1.82) is 0 Å². The van der Waals surface area contributed by atoms with Crippen molar-refractivity contribution in [3.8, 4) is 0 Å². The Hall–Kier alpha value is -1.05. The molecule has 19 heavy (non-hydrogen) atoms. The summed E-state index contributed by atoms with van der Waals surface area (Å²) in [4.78, 5) is 11.6. The van der Waals surface area contributed by atoms with Crippen LogP contribution in [0.3, 0.4) is 0 Å². The van der Waals surface area contributed by atoms with Crippen LogP contribution in [0.2, 0.25) is 0 Å². The Balaban J connectivity index is 1.92. The highest BCUT2D eigenvalue weighted by Crippen LogP contribution is 2.34. The normalized spacial score (nSPS) is 32.2. The van der Waals surface area contributed by atoms with E-state index in [1.165, 1.54) is 38.5 Å². The minimum atomic E-state index is -0.158. The Labute approximate surface area is 116 Å². The van der Waals surface area contributed by atoms with Gasteiger partial charge in [0.1, 0.15) is 6.10 Å². The maximum Gasteiger partial charge on any atom is 0.334 e. The second kappa shape index (κ2) is 7.52. The number of allylic oxidation sites excluding steroid dienone is 2. The molecule has 2 atom stereocenters. The van der Waals surface area contributed by atoms with Gasteiger partial charge in [0.05, 0.1) is 0 Å². The lowest BCUT2D eigenvalue weighted by molar-refractivity contribution is -0.139. The molecule has 2 aliphatic rings. The molecule has 0 bridgehead atoms. The zero-order valence-corrected chi connectivity index (χ0v) is 11.9. The minimum absolute atomic E-state index is 0.104. The SMILES string of the molecule is C=C1C(=O)O[C@H]2CCCCCCC/C=C/CCC[C@H]12. The standard InChI is InChI=1S/C17H26O2/c1-14-15-12-10-8-6-4-2-3-5-7-9-11-13-16(15)19-17(14)18/h4,6,15-16H,1-3,5,7-13H2/b6-4+/t15-,16+/m1/s1. The molecule has 1 aliphatic carbocycles. The van der Waals surface area contributed by atoms with Gasteiger partial charge in [-0.15, -0.1) is 0 Å². The lowest BCUT2D eigenvalue weighted by atomic mass is 9.88. The second-order valence-electron chi connectivity index (χ2n) is 5.82. The summed E-state index contributed by atoms with van der Waals surface area (Å²) in [5.41, 5.74) is 0.709. The van der Waals surface area contributed by atoms with Crippen molar-refractivity contribution >= 4 is 5.97 Å². The number of esters is 1. The molecule has 0 radical (unpaired) electrons. The van der Waals surface area contributed by atoms with Crippen LogP contribution in [0.15, 0.2) is 24.3 Å². The van der Waals surface area contributed by atoms with Gasteiger partial charge < -0.3 is 4.74 Å². The maximum absolute atomic E-state index is 11.6. The van der Waals surface area contributed by atoms with Gasteiger partial charge >= 0.3 is 5.97 Å². The predicted octanol–water partition coefficient (Wildman–Crippen LogP) is 4.56. The van der Waals surface area contributed by atoms with Gasteiger partial charge in [0.25, 0.3) is 0 Å². The van der Waals surface area contributed by atoms with Crippen LogP contribution in [-0.4, -0.2) is 12.1 Å². The topological polar surface area (TPSA) is 26.3 Å². The first-order chi connectivity index (χ1) is 9.29. The summed E-state index contributed by atoms with van der Waals surface area (Å²) >= 11 is 0. The summed E-state index contributed by atoms with van der Waals surface area (Å²) in [5.74, 6) is 0.110. The van der Waals surface area contributed by atoms with Gasteiger partial charge in [-0.25, -0.2) is 4.79 Å². The Kier molecular flexibility index (Phi) is 5.68. The molecule has 0 aromatic carbocycles. The van der Waals surface area contributed by atoms with Crippen LogP contribution in [0.5, 0.6) is 0 Å². The lowest BCUT2D eigenvalue weighted by Crippen LogP contribution is -2.16. The van der Waals surface area contributed by atoms with E-state index in [0.717, 1.165) is 25.7 Å².